The van der Waals surface area contributed by atoms with Crippen molar-refractivity contribution in [3.05, 3.63) is 96.3 Å². The summed E-state index contributed by atoms with van der Waals surface area (Å²) in [6, 6.07) is 15.9. The molecule has 0 aliphatic carbocycles. The summed E-state index contributed by atoms with van der Waals surface area (Å²) in [7, 11) is 1.25. The number of benzene rings is 3. The molecule has 1 aliphatic rings. The van der Waals surface area contributed by atoms with Crippen LogP contribution in [0, 0.1) is 0 Å². The minimum atomic E-state index is -0.892. The first-order valence-corrected chi connectivity index (χ1v) is 13.0. The van der Waals surface area contributed by atoms with E-state index in [-0.39, 0.29) is 16.8 Å². The van der Waals surface area contributed by atoms with Gasteiger partial charge in [0, 0.05) is 4.47 Å². The smallest absolute Gasteiger partial charge is 0.337 e. The number of hydrogen-bond acceptors (Lipinski definition) is 6. The molecule has 11 heteroatoms. The van der Waals surface area contributed by atoms with Crippen LogP contribution in [0.3, 0.4) is 0 Å². The molecular formula is C26H17Br3N2O6. The van der Waals surface area contributed by atoms with Crippen LogP contribution in [-0.4, -0.2) is 30.9 Å². The Labute approximate surface area is 237 Å². The van der Waals surface area contributed by atoms with Gasteiger partial charge in [-0.1, -0.05) is 28.1 Å². The van der Waals surface area contributed by atoms with E-state index in [9.17, 15) is 19.2 Å². The second-order valence-corrected chi connectivity index (χ2v) is 10.3. The number of nitrogens with zero attached hydrogens (tertiary/aromatic N) is 1. The highest BCUT2D eigenvalue weighted by atomic mass is 79.9. The molecule has 37 heavy (non-hydrogen) atoms. The Balaban J connectivity index is 1.58. The van der Waals surface area contributed by atoms with Crippen molar-refractivity contribution in [2.24, 2.45) is 0 Å². The molecule has 0 aromatic heterocycles. The van der Waals surface area contributed by atoms with Crippen LogP contribution in [0.2, 0.25) is 0 Å². The SMILES string of the molecule is COC(=O)c1ccc(N2C(=O)NC(=O)/C(=C\c3cc(Br)c(OCc4ccc(Br)cc4)c(Br)c3)C2=O)cc1. The fourth-order valence-electron chi connectivity index (χ4n) is 3.46. The maximum absolute atomic E-state index is 13.2. The van der Waals surface area contributed by atoms with Crippen LogP contribution in [-0.2, 0) is 20.9 Å². The number of imide groups is 2. The van der Waals surface area contributed by atoms with Gasteiger partial charge in [0.15, 0.2) is 0 Å². The summed E-state index contributed by atoms with van der Waals surface area (Å²) in [5.41, 5.74) is 1.69. The Morgan fingerprint density at radius 2 is 1.57 bits per heavy atom. The lowest BCUT2D eigenvalue weighted by Gasteiger charge is -2.26. The first-order valence-electron chi connectivity index (χ1n) is 10.6. The monoisotopic (exact) mass is 690 g/mol. The summed E-state index contributed by atoms with van der Waals surface area (Å²) in [4.78, 5) is 50.7. The van der Waals surface area contributed by atoms with E-state index in [1.165, 1.54) is 37.5 Å². The minimum Gasteiger partial charge on any atom is -0.487 e. The van der Waals surface area contributed by atoms with Gasteiger partial charge in [-0.25, -0.2) is 14.5 Å². The van der Waals surface area contributed by atoms with Crippen LogP contribution in [0.5, 0.6) is 5.75 Å². The molecule has 0 saturated carbocycles. The average Bonchev–Trinajstić information content (AvgIpc) is 2.87. The van der Waals surface area contributed by atoms with Crippen molar-refractivity contribution in [1.82, 2.24) is 5.32 Å². The van der Waals surface area contributed by atoms with Crippen molar-refractivity contribution in [2.75, 3.05) is 12.0 Å². The molecule has 8 nitrogen and oxygen atoms in total. The molecule has 188 valence electrons. The Kier molecular flexibility index (Phi) is 8.25. The third-order valence-electron chi connectivity index (χ3n) is 5.28. The van der Waals surface area contributed by atoms with Crippen molar-refractivity contribution in [1.29, 1.82) is 0 Å². The molecule has 1 N–H and O–H groups in total. The number of anilines is 1. The van der Waals surface area contributed by atoms with Crippen LogP contribution in [0.15, 0.2) is 79.7 Å². The molecule has 0 unspecified atom stereocenters. The Bertz CT molecular complexity index is 1410. The number of rotatable bonds is 6. The molecule has 0 radical (unpaired) electrons. The first-order chi connectivity index (χ1) is 17.7. The number of methoxy groups -OCH3 is 1. The molecule has 4 rings (SSSR count). The van der Waals surface area contributed by atoms with Crippen LogP contribution < -0.4 is 15.0 Å². The second-order valence-electron chi connectivity index (χ2n) is 7.73. The van der Waals surface area contributed by atoms with Crippen molar-refractivity contribution >= 4 is 83.4 Å². The summed E-state index contributed by atoms with van der Waals surface area (Å²) in [6.45, 7) is 0.331. The zero-order chi connectivity index (χ0) is 26.7. The van der Waals surface area contributed by atoms with Crippen LogP contribution >= 0.6 is 47.8 Å². The maximum atomic E-state index is 13.2. The van der Waals surface area contributed by atoms with Crippen molar-refractivity contribution < 1.29 is 28.7 Å². The maximum Gasteiger partial charge on any atom is 0.337 e. The summed E-state index contributed by atoms with van der Waals surface area (Å²) < 4.78 is 12.8. The predicted molar refractivity (Wildman–Crippen MR) is 147 cm³/mol. The van der Waals surface area contributed by atoms with Crippen LogP contribution in [0.1, 0.15) is 21.5 Å². The molecule has 1 aliphatic heterocycles. The normalized spacial score (nSPS) is 14.5. The van der Waals surface area contributed by atoms with Gasteiger partial charge in [-0.05, 0) is 97.6 Å². The fourth-order valence-corrected chi connectivity index (χ4v) is 5.18. The van der Waals surface area contributed by atoms with E-state index >= 15 is 0 Å². The zero-order valence-corrected chi connectivity index (χ0v) is 23.8. The highest BCUT2D eigenvalue weighted by molar-refractivity contribution is 9.11. The number of amides is 4. The summed E-state index contributed by atoms with van der Waals surface area (Å²) >= 11 is 10.4. The summed E-state index contributed by atoms with van der Waals surface area (Å²) in [5, 5.41) is 2.18. The Morgan fingerprint density at radius 1 is 0.946 bits per heavy atom. The highest BCUT2D eigenvalue weighted by Crippen LogP contribution is 2.36. The predicted octanol–water partition coefficient (Wildman–Crippen LogP) is 6.01. The van der Waals surface area contributed by atoms with Gasteiger partial charge < -0.3 is 9.47 Å². The van der Waals surface area contributed by atoms with E-state index in [4.69, 9.17) is 4.74 Å². The molecule has 3 aromatic rings. The number of esters is 1. The van der Waals surface area contributed by atoms with E-state index < -0.39 is 23.8 Å². The summed E-state index contributed by atoms with van der Waals surface area (Å²) in [5.74, 6) is -1.63. The van der Waals surface area contributed by atoms with Gasteiger partial charge >= 0.3 is 12.0 Å². The molecule has 1 fully saturated rings. The lowest BCUT2D eigenvalue weighted by molar-refractivity contribution is -0.122. The van der Waals surface area contributed by atoms with Crippen LogP contribution in [0.4, 0.5) is 10.5 Å². The fraction of sp³-hybridized carbons (Fsp3) is 0.0769. The van der Waals surface area contributed by atoms with E-state index in [2.05, 4.69) is 57.8 Å². The van der Waals surface area contributed by atoms with Crippen molar-refractivity contribution in [3.8, 4) is 5.75 Å². The molecule has 0 atom stereocenters. The number of nitrogens with one attached hydrogen (secondary N) is 1. The number of carbonyl (C=O) groups is 4. The van der Waals surface area contributed by atoms with Gasteiger partial charge in [-0.3, -0.25) is 14.9 Å². The first kappa shape index (κ1) is 26.8. The van der Waals surface area contributed by atoms with Crippen LogP contribution in [0.25, 0.3) is 6.08 Å². The standard InChI is InChI=1S/C26H17Br3N2O6/c1-36-25(34)16-4-8-18(9-5-16)31-24(33)19(23(32)30-26(31)35)10-15-11-20(28)22(21(29)12-15)37-13-14-2-6-17(27)7-3-14/h2-12H,13H2,1H3,(H,30,32,35)/b19-10+. The van der Waals surface area contributed by atoms with Gasteiger partial charge in [0.25, 0.3) is 11.8 Å². The molecule has 0 bridgehead atoms. The lowest BCUT2D eigenvalue weighted by Crippen LogP contribution is -2.54. The molecular weight excluding hydrogens is 676 g/mol. The third-order valence-corrected chi connectivity index (χ3v) is 6.98. The van der Waals surface area contributed by atoms with Crippen molar-refractivity contribution in [3.63, 3.8) is 0 Å². The molecule has 1 saturated heterocycles. The minimum absolute atomic E-state index is 0.188. The largest absolute Gasteiger partial charge is 0.487 e. The zero-order valence-electron chi connectivity index (χ0n) is 19.1. The lowest BCUT2D eigenvalue weighted by atomic mass is 10.1. The Morgan fingerprint density at radius 3 is 2.16 bits per heavy atom. The number of urea groups is 1. The van der Waals surface area contributed by atoms with E-state index in [1.54, 1.807) is 12.1 Å². The number of hydrogen-bond donors (Lipinski definition) is 1. The van der Waals surface area contributed by atoms with Gasteiger partial charge in [0.05, 0.1) is 27.3 Å². The molecule has 1 heterocycles. The van der Waals surface area contributed by atoms with Gasteiger partial charge in [0.1, 0.15) is 17.9 Å². The highest BCUT2D eigenvalue weighted by Gasteiger charge is 2.37. The van der Waals surface area contributed by atoms with Gasteiger partial charge in [-0.15, -0.1) is 0 Å². The molecule has 3 aromatic carbocycles. The van der Waals surface area contributed by atoms with Gasteiger partial charge in [0.2, 0.25) is 0 Å². The van der Waals surface area contributed by atoms with E-state index in [0.29, 0.717) is 26.9 Å². The number of barbiturate groups is 1. The quantitative estimate of drug-likeness (QED) is 0.193. The topological polar surface area (TPSA) is 102 Å². The number of halogens is 3. The number of ether oxygens (including phenoxy) is 2. The van der Waals surface area contributed by atoms with E-state index in [1.807, 2.05) is 24.3 Å². The van der Waals surface area contributed by atoms with E-state index in [0.717, 1.165) is 14.9 Å². The number of carbonyl (C=O) groups excluding carboxylic acids is 4. The third kappa shape index (κ3) is 6.00. The molecule has 4 amide bonds. The second kappa shape index (κ2) is 11.4. The average molecular weight is 693 g/mol. The molecule has 0 spiro atoms. The summed E-state index contributed by atoms with van der Waals surface area (Å²) in [6.07, 6.45) is 1.38. The Hall–Kier alpha value is -3.28. The van der Waals surface area contributed by atoms with Gasteiger partial charge in [-0.2, -0.15) is 0 Å². The van der Waals surface area contributed by atoms with Crippen molar-refractivity contribution in [2.45, 2.75) is 6.61 Å².